The molecule has 0 heterocycles. The van der Waals surface area contributed by atoms with Gasteiger partial charge in [0.25, 0.3) is 5.69 Å². The summed E-state index contributed by atoms with van der Waals surface area (Å²) in [5.41, 5.74) is 2.67. The summed E-state index contributed by atoms with van der Waals surface area (Å²) in [6.45, 7) is 1.88. The number of benzene rings is 2. The van der Waals surface area contributed by atoms with Gasteiger partial charge in [0, 0.05) is 17.8 Å². The SMILES string of the molecule is C/C(=N\c1ccccc1)c1ccc([N+](=O)[O-])cc1. The number of hydrogen-bond acceptors (Lipinski definition) is 3. The molecule has 0 amide bonds. The molecule has 0 aliphatic heterocycles. The van der Waals surface area contributed by atoms with E-state index in [1.54, 1.807) is 12.1 Å². The van der Waals surface area contributed by atoms with Crippen molar-refractivity contribution in [3.05, 3.63) is 70.3 Å². The van der Waals surface area contributed by atoms with E-state index in [1.165, 1.54) is 12.1 Å². The Kier molecular flexibility index (Phi) is 3.48. The molecule has 2 aromatic carbocycles. The van der Waals surface area contributed by atoms with Crippen molar-refractivity contribution in [1.82, 2.24) is 0 Å². The molecule has 0 atom stereocenters. The average molecular weight is 240 g/mol. The minimum absolute atomic E-state index is 0.0891. The van der Waals surface area contributed by atoms with Crippen LogP contribution in [0.4, 0.5) is 11.4 Å². The summed E-state index contributed by atoms with van der Waals surface area (Å²) in [7, 11) is 0. The van der Waals surface area contributed by atoms with Crippen LogP contribution < -0.4 is 0 Å². The molecule has 0 bridgehead atoms. The molecule has 4 heteroatoms. The Morgan fingerprint density at radius 2 is 1.67 bits per heavy atom. The molecule has 90 valence electrons. The van der Waals surface area contributed by atoms with Crippen LogP contribution in [-0.2, 0) is 0 Å². The van der Waals surface area contributed by atoms with Gasteiger partial charge < -0.3 is 0 Å². The first-order valence-corrected chi connectivity index (χ1v) is 5.52. The molecule has 0 fully saturated rings. The zero-order valence-corrected chi connectivity index (χ0v) is 9.91. The third-order valence-corrected chi connectivity index (χ3v) is 2.55. The molecule has 18 heavy (non-hydrogen) atoms. The molecule has 0 aromatic heterocycles. The van der Waals surface area contributed by atoms with Gasteiger partial charge >= 0.3 is 0 Å². The summed E-state index contributed by atoms with van der Waals surface area (Å²) in [6, 6.07) is 16.0. The smallest absolute Gasteiger partial charge is 0.258 e. The van der Waals surface area contributed by atoms with Crippen molar-refractivity contribution in [2.75, 3.05) is 0 Å². The summed E-state index contributed by atoms with van der Waals surface area (Å²) < 4.78 is 0. The Hall–Kier alpha value is -2.49. The molecular weight excluding hydrogens is 228 g/mol. The summed E-state index contributed by atoms with van der Waals surface area (Å²) in [4.78, 5) is 14.6. The molecule has 2 rings (SSSR count). The van der Waals surface area contributed by atoms with E-state index in [0.29, 0.717) is 0 Å². The lowest BCUT2D eigenvalue weighted by atomic mass is 10.1. The summed E-state index contributed by atoms with van der Waals surface area (Å²) in [6.07, 6.45) is 0. The lowest BCUT2D eigenvalue weighted by Crippen LogP contribution is -1.95. The van der Waals surface area contributed by atoms with Crippen LogP contribution in [0.1, 0.15) is 12.5 Å². The number of rotatable bonds is 3. The van der Waals surface area contributed by atoms with Crippen molar-refractivity contribution < 1.29 is 4.92 Å². The fourth-order valence-electron chi connectivity index (χ4n) is 1.59. The first-order valence-electron chi connectivity index (χ1n) is 5.52. The van der Waals surface area contributed by atoms with E-state index in [4.69, 9.17) is 0 Å². The molecular formula is C14H12N2O2. The van der Waals surface area contributed by atoms with Crippen molar-refractivity contribution in [2.45, 2.75) is 6.92 Å². The van der Waals surface area contributed by atoms with Gasteiger partial charge in [-0.15, -0.1) is 0 Å². The molecule has 0 radical (unpaired) electrons. The molecule has 4 nitrogen and oxygen atoms in total. The van der Waals surface area contributed by atoms with Gasteiger partial charge in [-0.2, -0.15) is 0 Å². The Morgan fingerprint density at radius 1 is 1.06 bits per heavy atom. The molecule has 0 saturated heterocycles. The maximum absolute atomic E-state index is 10.5. The van der Waals surface area contributed by atoms with E-state index in [9.17, 15) is 10.1 Å². The zero-order chi connectivity index (χ0) is 13.0. The van der Waals surface area contributed by atoms with Gasteiger partial charge in [-0.25, -0.2) is 0 Å². The van der Waals surface area contributed by atoms with Crippen molar-refractivity contribution in [1.29, 1.82) is 0 Å². The first-order chi connectivity index (χ1) is 8.66. The monoisotopic (exact) mass is 240 g/mol. The Morgan fingerprint density at radius 3 is 2.22 bits per heavy atom. The predicted octanol–water partition coefficient (Wildman–Crippen LogP) is 3.74. The van der Waals surface area contributed by atoms with E-state index in [2.05, 4.69) is 4.99 Å². The van der Waals surface area contributed by atoms with Gasteiger partial charge in [0.1, 0.15) is 0 Å². The highest BCUT2D eigenvalue weighted by atomic mass is 16.6. The van der Waals surface area contributed by atoms with Crippen LogP contribution >= 0.6 is 0 Å². The lowest BCUT2D eigenvalue weighted by Gasteiger charge is -2.01. The van der Waals surface area contributed by atoms with Crippen LogP contribution in [0, 0.1) is 10.1 Å². The molecule has 0 N–H and O–H groups in total. The minimum Gasteiger partial charge on any atom is -0.258 e. The Labute approximate surface area is 105 Å². The van der Waals surface area contributed by atoms with Crippen molar-refractivity contribution in [2.24, 2.45) is 4.99 Å². The fourth-order valence-corrected chi connectivity index (χ4v) is 1.59. The number of nitro groups is 1. The zero-order valence-electron chi connectivity index (χ0n) is 9.91. The first kappa shape index (κ1) is 12.0. The van der Waals surface area contributed by atoms with Crippen molar-refractivity contribution in [3.8, 4) is 0 Å². The van der Waals surface area contributed by atoms with E-state index >= 15 is 0 Å². The van der Waals surface area contributed by atoms with Crippen LogP contribution in [-0.4, -0.2) is 10.6 Å². The summed E-state index contributed by atoms with van der Waals surface area (Å²) >= 11 is 0. The largest absolute Gasteiger partial charge is 0.269 e. The van der Waals surface area contributed by atoms with E-state index in [-0.39, 0.29) is 5.69 Å². The Bertz CT molecular complexity index is 575. The third kappa shape index (κ3) is 2.79. The van der Waals surface area contributed by atoms with Crippen molar-refractivity contribution >= 4 is 17.1 Å². The van der Waals surface area contributed by atoms with Crippen molar-refractivity contribution in [3.63, 3.8) is 0 Å². The summed E-state index contributed by atoms with van der Waals surface area (Å²) in [5, 5.41) is 10.5. The molecule has 0 saturated carbocycles. The van der Waals surface area contributed by atoms with E-state index in [0.717, 1.165) is 17.0 Å². The van der Waals surface area contributed by atoms with Gasteiger partial charge in [0.15, 0.2) is 0 Å². The van der Waals surface area contributed by atoms with Gasteiger partial charge in [-0.3, -0.25) is 15.1 Å². The second kappa shape index (κ2) is 5.23. The number of aliphatic imine (C=N–C) groups is 1. The van der Waals surface area contributed by atoms with Gasteiger partial charge in [-0.05, 0) is 36.8 Å². The standard InChI is InChI=1S/C14H12N2O2/c1-11(15-13-5-3-2-4-6-13)12-7-9-14(10-8-12)16(17)18/h2-10H,1H3/b15-11+. The second-order valence-corrected chi connectivity index (χ2v) is 3.84. The van der Waals surface area contributed by atoms with Gasteiger partial charge in [0.2, 0.25) is 0 Å². The lowest BCUT2D eigenvalue weighted by molar-refractivity contribution is -0.384. The molecule has 0 aliphatic carbocycles. The van der Waals surface area contributed by atoms with Crippen LogP contribution in [0.3, 0.4) is 0 Å². The maximum atomic E-state index is 10.5. The molecule has 2 aromatic rings. The quantitative estimate of drug-likeness (QED) is 0.466. The number of nitro benzene ring substituents is 1. The number of hydrogen-bond donors (Lipinski definition) is 0. The number of non-ortho nitro benzene ring substituents is 1. The maximum Gasteiger partial charge on any atom is 0.269 e. The average Bonchev–Trinajstić information content (AvgIpc) is 2.40. The number of para-hydroxylation sites is 1. The normalized spacial score (nSPS) is 11.3. The van der Waals surface area contributed by atoms with Gasteiger partial charge in [-0.1, -0.05) is 18.2 Å². The second-order valence-electron chi connectivity index (χ2n) is 3.84. The minimum atomic E-state index is -0.409. The fraction of sp³-hybridized carbons (Fsp3) is 0.0714. The van der Waals surface area contributed by atoms with E-state index in [1.807, 2.05) is 37.3 Å². The highest BCUT2D eigenvalue weighted by Crippen LogP contribution is 2.16. The van der Waals surface area contributed by atoms with Gasteiger partial charge in [0.05, 0.1) is 10.6 Å². The molecule has 0 aliphatic rings. The summed E-state index contributed by atoms with van der Waals surface area (Å²) in [5.74, 6) is 0. The Balaban J connectivity index is 2.26. The van der Waals surface area contributed by atoms with Crippen LogP contribution in [0.25, 0.3) is 0 Å². The topological polar surface area (TPSA) is 55.5 Å². The highest BCUT2D eigenvalue weighted by molar-refractivity contribution is 6.00. The highest BCUT2D eigenvalue weighted by Gasteiger charge is 2.05. The van der Waals surface area contributed by atoms with Crippen LogP contribution in [0.15, 0.2) is 59.6 Å². The molecule has 0 spiro atoms. The van der Waals surface area contributed by atoms with Crippen LogP contribution in [0.2, 0.25) is 0 Å². The third-order valence-electron chi connectivity index (χ3n) is 2.55. The van der Waals surface area contributed by atoms with Crippen LogP contribution in [0.5, 0.6) is 0 Å². The van der Waals surface area contributed by atoms with E-state index < -0.39 is 4.92 Å². The molecule has 0 unspecified atom stereocenters. The predicted molar refractivity (Wildman–Crippen MR) is 71.4 cm³/mol. The number of nitrogens with zero attached hydrogens (tertiary/aromatic N) is 2.